The van der Waals surface area contributed by atoms with Crippen molar-refractivity contribution in [3.8, 4) is 0 Å². The maximum absolute atomic E-state index is 11.8. The minimum atomic E-state index is -0.298. The van der Waals surface area contributed by atoms with Crippen molar-refractivity contribution in [2.24, 2.45) is 0 Å². The zero-order valence-corrected chi connectivity index (χ0v) is 11.9. The van der Waals surface area contributed by atoms with Crippen LogP contribution in [0.1, 0.15) is 12.8 Å². The number of aromatic nitrogens is 1. The van der Waals surface area contributed by atoms with Crippen molar-refractivity contribution < 1.29 is 35.9 Å². The molecular formula is C11H18BrN3O3. The van der Waals surface area contributed by atoms with Crippen molar-refractivity contribution in [2.45, 2.75) is 18.9 Å². The number of nitrogens with zero attached hydrogens (tertiary/aromatic N) is 2. The summed E-state index contributed by atoms with van der Waals surface area (Å²) in [6.45, 7) is 1.90. The third-order valence-corrected chi connectivity index (χ3v) is 3.12. The number of quaternary nitrogens is 1. The summed E-state index contributed by atoms with van der Waals surface area (Å²) in [6.07, 6.45) is 2.90. The van der Waals surface area contributed by atoms with E-state index in [4.69, 9.17) is 0 Å². The number of likely N-dealkylation sites (tertiary alicyclic amines) is 1. The summed E-state index contributed by atoms with van der Waals surface area (Å²) in [4.78, 5) is 11.8. The van der Waals surface area contributed by atoms with Gasteiger partial charge >= 0.3 is 0 Å². The lowest BCUT2D eigenvalue weighted by atomic mass is 10.1. The number of carbonyl (C=O) groups excluding carboxylic acids is 1. The predicted molar refractivity (Wildman–Crippen MR) is 61.2 cm³/mol. The number of rotatable bonds is 3. The monoisotopic (exact) mass is 319 g/mol. The molecule has 18 heavy (non-hydrogen) atoms. The molecule has 0 spiro atoms. The third-order valence-electron chi connectivity index (χ3n) is 3.12. The van der Waals surface area contributed by atoms with Crippen molar-refractivity contribution in [3.63, 3.8) is 0 Å². The fourth-order valence-corrected chi connectivity index (χ4v) is 2.35. The van der Waals surface area contributed by atoms with Crippen molar-refractivity contribution in [1.82, 2.24) is 5.16 Å². The van der Waals surface area contributed by atoms with Gasteiger partial charge in [-0.3, -0.25) is 4.79 Å². The molecule has 0 bridgehead atoms. The number of carbonyl (C=O) groups is 1. The van der Waals surface area contributed by atoms with Gasteiger partial charge < -0.3 is 36.4 Å². The summed E-state index contributed by atoms with van der Waals surface area (Å²) in [7, 11) is 1.99. The Morgan fingerprint density at radius 2 is 2.50 bits per heavy atom. The summed E-state index contributed by atoms with van der Waals surface area (Å²) < 4.78 is 5.21. The second-order valence-electron chi connectivity index (χ2n) is 4.91. The second kappa shape index (κ2) is 6.31. The van der Waals surface area contributed by atoms with E-state index in [2.05, 4.69) is 15.0 Å². The summed E-state index contributed by atoms with van der Waals surface area (Å²) in [5.41, 5.74) is 0. The van der Waals surface area contributed by atoms with Crippen LogP contribution >= 0.6 is 0 Å². The molecule has 2 N–H and O–H groups in total. The first-order chi connectivity index (χ1) is 8.07. The number of piperidine rings is 1. The molecule has 0 aliphatic carbocycles. The molecule has 1 aliphatic heterocycles. The van der Waals surface area contributed by atoms with E-state index in [0.717, 1.165) is 19.4 Å². The summed E-state index contributed by atoms with van der Waals surface area (Å²) >= 11 is 0. The zero-order valence-electron chi connectivity index (χ0n) is 10.3. The number of aliphatic hydroxyl groups is 1. The summed E-state index contributed by atoms with van der Waals surface area (Å²) in [6, 6.07) is 1.60. The molecule has 7 heteroatoms. The molecule has 1 fully saturated rings. The quantitative estimate of drug-likeness (QED) is 0.591. The molecule has 102 valence electrons. The van der Waals surface area contributed by atoms with Gasteiger partial charge in [-0.05, 0) is 12.8 Å². The average molecular weight is 320 g/mol. The molecule has 0 aromatic carbocycles. The molecule has 1 aliphatic rings. The van der Waals surface area contributed by atoms with Crippen molar-refractivity contribution >= 4 is 11.7 Å². The molecule has 0 radical (unpaired) electrons. The van der Waals surface area contributed by atoms with E-state index >= 15 is 0 Å². The number of halogens is 1. The Balaban J connectivity index is 0.00000162. The van der Waals surface area contributed by atoms with Crippen LogP contribution in [0.3, 0.4) is 0 Å². The lowest BCUT2D eigenvalue weighted by molar-refractivity contribution is -0.909. The maximum Gasteiger partial charge on any atom is 0.280 e. The molecular weight excluding hydrogens is 302 g/mol. The first kappa shape index (κ1) is 15.1. The molecule has 1 aromatic heterocycles. The number of anilines is 1. The molecule has 0 unspecified atom stereocenters. The Kier molecular flexibility index (Phi) is 5.30. The second-order valence-corrected chi connectivity index (χ2v) is 4.91. The lowest BCUT2D eigenvalue weighted by Gasteiger charge is -2.39. The zero-order chi connectivity index (χ0) is 12.3. The van der Waals surface area contributed by atoms with Crippen LogP contribution in [0.5, 0.6) is 0 Å². The van der Waals surface area contributed by atoms with E-state index in [0.29, 0.717) is 23.4 Å². The molecule has 0 saturated carbocycles. The predicted octanol–water partition coefficient (Wildman–Crippen LogP) is -2.78. The molecule has 1 saturated heterocycles. The number of amides is 1. The fourth-order valence-electron chi connectivity index (χ4n) is 2.35. The van der Waals surface area contributed by atoms with E-state index in [1.807, 2.05) is 7.05 Å². The van der Waals surface area contributed by atoms with E-state index in [1.54, 1.807) is 6.07 Å². The van der Waals surface area contributed by atoms with Gasteiger partial charge in [0, 0.05) is 6.07 Å². The van der Waals surface area contributed by atoms with Crippen molar-refractivity contribution in [1.29, 1.82) is 0 Å². The number of nitrogens with one attached hydrogen (secondary N) is 1. The number of hydrogen-bond donors (Lipinski definition) is 2. The van der Waals surface area contributed by atoms with E-state index in [-0.39, 0.29) is 29.0 Å². The highest BCUT2D eigenvalue weighted by atomic mass is 79.9. The van der Waals surface area contributed by atoms with Gasteiger partial charge in [0.1, 0.15) is 18.9 Å². The molecule has 1 aromatic rings. The first-order valence-corrected chi connectivity index (χ1v) is 5.79. The molecule has 1 amide bonds. The van der Waals surface area contributed by atoms with Gasteiger partial charge in [-0.2, -0.15) is 0 Å². The van der Waals surface area contributed by atoms with Crippen LogP contribution < -0.4 is 22.3 Å². The minimum absolute atomic E-state index is 0. The van der Waals surface area contributed by atoms with Crippen LogP contribution in [0.15, 0.2) is 16.9 Å². The van der Waals surface area contributed by atoms with Crippen LogP contribution in [0.4, 0.5) is 5.82 Å². The Morgan fingerprint density at radius 3 is 3.11 bits per heavy atom. The Hall–Kier alpha value is -0.920. The van der Waals surface area contributed by atoms with Crippen molar-refractivity contribution in [3.05, 3.63) is 12.3 Å². The normalized spacial score (nSPS) is 27.3. The molecule has 6 nitrogen and oxygen atoms in total. The van der Waals surface area contributed by atoms with E-state index in [1.165, 1.54) is 6.26 Å². The largest absolute Gasteiger partial charge is 1.00 e. The smallest absolute Gasteiger partial charge is 0.280 e. The van der Waals surface area contributed by atoms with Crippen molar-refractivity contribution in [2.75, 3.05) is 32.0 Å². The van der Waals surface area contributed by atoms with Crippen LogP contribution in [-0.2, 0) is 4.79 Å². The number of likely N-dealkylation sites (N-methyl/N-ethyl adjacent to an activating group) is 1. The summed E-state index contributed by atoms with van der Waals surface area (Å²) in [5.74, 6) is 0.328. The fraction of sp³-hybridized carbons (Fsp3) is 0.636. The van der Waals surface area contributed by atoms with Crippen LogP contribution in [0.25, 0.3) is 0 Å². The van der Waals surface area contributed by atoms with Gasteiger partial charge in [-0.25, -0.2) is 0 Å². The highest BCUT2D eigenvalue weighted by Gasteiger charge is 2.32. The topological polar surface area (TPSA) is 75.4 Å². The van der Waals surface area contributed by atoms with E-state index in [9.17, 15) is 9.90 Å². The van der Waals surface area contributed by atoms with Crippen LogP contribution in [-0.4, -0.2) is 53.4 Å². The van der Waals surface area contributed by atoms with Gasteiger partial charge in [0.15, 0.2) is 12.4 Å². The Morgan fingerprint density at radius 1 is 1.72 bits per heavy atom. The number of aliphatic hydroxyl groups excluding tert-OH is 1. The van der Waals surface area contributed by atoms with Gasteiger partial charge in [0.25, 0.3) is 5.91 Å². The standard InChI is InChI=1S/C11H17N3O3.BrH/c1-14(5-2-3-9(15)7-14)8-11(16)12-10-4-6-17-13-10;/h4,6,9,15H,2-3,5,7-8H2,1H3;1H/t9-,14+;/m1./s1. The Labute approximate surface area is 116 Å². The molecule has 2 atom stereocenters. The average Bonchev–Trinajstić information content (AvgIpc) is 2.68. The van der Waals surface area contributed by atoms with Gasteiger partial charge in [-0.15, -0.1) is 0 Å². The molecule has 2 heterocycles. The van der Waals surface area contributed by atoms with Gasteiger partial charge in [0.2, 0.25) is 0 Å². The highest BCUT2D eigenvalue weighted by Crippen LogP contribution is 2.16. The van der Waals surface area contributed by atoms with Gasteiger partial charge in [0.05, 0.1) is 13.6 Å². The Bertz CT molecular complexity index is 385. The minimum Gasteiger partial charge on any atom is -1.00 e. The SMILES string of the molecule is C[N@+]1(CC(=O)Nc2ccon2)CCC[C@@H](O)C1.[Br-]. The first-order valence-electron chi connectivity index (χ1n) is 5.79. The number of hydrogen-bond acceptors (Lipinski definition) is 4. The molecule has 2 rings (SSSR count). The summed E-state index contributed by atoms with van der Waals surface area (Å²) in [5, 5.41) is 15.9. The lowest BCUT2D eigenvalue weighted by Crippen LogP contribution is -3.00. The van der Waals surface area contributed by atoms with Crippen LogP contribution in [0, 0.1) is 0 Å². The van der Waals surface area contributed by atoms with Crippen LogP contribution in [0.2, 0.25) is 0 Å². The van der Waals surface area contributed by atoms with Gasteiger partial charge in [-0.1, -0.05) is 5.16 Å². The third kappa shape index (κ3) is 4.08. The highest BCUT2D eigenvalue weighted by molar-refractivity contribution is 5.90. The van der Waals surface area contributed by atoms with E-state index < -0.39 is 0 Å². The maximum atomic E-state index is 11.8.